The lowest BCUT2D eigenvalue weighted by Crippen LogP contribution is -2.44. The zero-order valence-electron chi connectivity index (χ0n) is 10.1. The first-order valence-corrected chi connectivity index (χ1v) is 6.64. The van der Waals surface area contributed by atoms with Crippen LogP contribution in [0.15, 0.2) is 5.51 Å². The number of carbonyl (C=O) groups is 1. The van der Waals surface area contributed by atoms with E-state index in [1.54, 1.807) is 5.51 Å². The summed E-state index contributed by atoms with van der Waals surface area (Å²) in [5, 5.41) is 18.0. The van der Waals surface area contributed by atoms with Crippen molar-refractivity contribution < 1.29 is 9.90 Å². The standard InChI is InChI=1S/C11H17N3O2S/c1-11(2,9(15)16)8-4-3-5-14(6-8)10-13-12-7-17-10/h7-8H,3-6H2,1-2H3,(H,15,16). The van der Waals surface area contributed by atoms with E-state index in [9.17, 15) is 9.90 Å². The van der Waals surface area contributed by atoms with E-state index in [-0.39, 0.29) is 5.92 Å². The number of carboxylic acid groups (broad SMARTS) is 1. The van der Waals surface area contributed by atoms with Gasteiger partial charge in [-0.1, -0.05) is 11.3 Å². The lowest BCUT2D eigenvalue weighted by molar-refractivity contribution is -0.150. The highest BCUT2D eigenvalue weighted by Gasteiger charge is 2.39. The molecular weight excluding hydrogens is 238 g/mol. The summed E-state index contributed by atoms with van der Waals surface area (Å²) < 4.78 is 0. The summed E-state index contributed by atoms with van der Waals surface area (Å²) in [6, 6.07) is 0. The van der Waals surface area contributed by atoms with E-state index in [1.807, 2.05) is 13.8 Å². The van der Waals surface area contributed by atoms with Gasteiger partial charge in [-0.3, -0.25) is 4.79 Å². The Bertz CT molecular complexity index is 391. The van der Waals surface area contributed by atoms with E-state index >= 15 is 0 Å². The van der Waals surface area contributed by atoms with E-state index in [2.05, 4.69) is 15.1 Å². The van der Waals surface area contributed by atoms with Crippen molar-refractivity contribution in [2.24, 2.45) is 11.3 Å². The molecule has 0 aliphatic carbocycles. The smallest absolute Gasteiger partial charge is 0.309 e. The topological polar surface area (TPSA) is 66.3 Å². The van der Waals surface area contributed by atoms with Gasteiger partial charge in [-0.15, -0.1) is 10.2 Å². The molecule has 5 nitrogen and oxygen atoms in total. The minimum absolute atomic E-state index is 0.164. The number of aliphatic carboxylic acids is 1. The second kappa shape index (κ2) is 4.60. The molecule has 1 saturated heterocycles. The molecule has 94 valence electrons. The maximum atomic E-state index is 11.3. The fraction of sp³-hybridized carbons (Fsp3) is 0.727. The summed E-state index contributed by atoms with van der Waals surface area (Å²) in [5.41, 5.74) is 1.03. The summed E-state index contributed by atoms with van der Waals surface area (Å²) in [7, 11) is 0. The van der Waals surface area contributed by atoms with Gasteiger partial charge in [0.2, 0.25) is 5.13 Å². The number of carboxylic acids is 1. The SMILES string of the molecule is CC(C)(C(=O)O)C1CCCN(c2nncs2)C1. The molecule has 2 rings (SSSR count). The van der Waals surface area contributed by atoms with Gasteiger partial charge in [0.25, 0.3) is 0 Å². The van der Waals surface area contributed by atoms with Gasteiger partial charge in [0.05, 0.1) is 5.41 Å². The monoisotopic (exact) mass is 255 g/mol. The van der Waals surface area contributed by atoms with Gasteiger partial charge in [0.1, 0.15) is 5.51 Å². The van der Waals surface area contributed by atoms with Crippen molar-refractivity contribution >= 4 is 22.4 Å². The van der Waals surface area contributed by atoms with Crippen LogP contribution in [0.3, 0.4) is 0 Å². The van der Waals surface area contributed by atoms with Crippen LogP contribution in [0, 0.1) is 11.3 Å². The molecule has 0 spiro atoms. The van der Waals surface area contributed by atoms with Crippen molar-refractivity contribution in [3.05, 3.63) is 5.51 Å². The van der Waals surface area contributed by atoms with Crippen molar-refractivity contribution in [2.45, 2.75) is 26.7 Å². The van der Waals surface area contributed by atoms with Gasteiger partial charge < -0.3 is 10.0 Å². The van der Waals surface area contributed by atoms with Gasteiger partial charge in [-0.25, -0.2) is 0 Å². The lowest BCUT2D eigenvalue weighted by Gasteiger charge is -2.38. The predicted molar refractivity (Wildman–Crippen MR) is 66.3 cm³/mol. The Labute approximate surface area is 104 Å². The van der Waals surface area contributed by atoms with Gasteiger partial charge in [-0.2, -0.15) is 0 Å². The first-order valence-electron chi connectivity index (χ1n) is 5.76. The van der Waals surface area contributed by atoms with E-state index in [4.69, 9.17) is 0 Å². The van der Waals surface area contributed by atoms with Crippen LogP contribution in [-0.4, -0.2) is 34.4 Å². The Hall–Kier alpha value is -1.17. The molecule has 1 fully saturated rings. The molecule has 2 heterocycles. The molecule has 0 aromatic carbocycles. The van der Waals surface area contributed by atoms with E-state index in [0.29, 0.717) is 0 Å². The summed E-state index contributed by atoms with van der Waals surface area (Å²) in [6.45, 7) is 5.32. The predicted octanol–water partition coefficient (Wildman–Crippen LogP) is 1.87. The summed E-state index contributed by atoms with van der Waals surface area (Å²) in [5.74, 6) is -0.556. The first-order chi connectivity index (χ1) is 8.01. The minimum Gasteiger partial charge on any atom is -0.481 e. The fourth-order valence-electron chi connectivity index (χ4n) is 2.22. The fourth-order valence-corrected chi connectivity index (χ4v) is 2.82. The van der Waals surface area contributed by atoms with Crippen LogP contribution >= 0.6 is 11.3 Å². The summed E-state index contributed by atoms with van der Waals surface area (Å²) >= 11 is 1.51. The van der Waals surface area contributed by atoms with Crippen LogP contribution in [0.2, 0.25) is 0 Å². The molecule has 0 radical (unpaired) electrons. The van der Waals surface area contributed by atoms with E-state index in [0.717, 1.165) is 31.1 Å². The third-order valence-corrected chi connectivity index (χ3v) is 4.36. The molecule has 1 aromatic heterocycles. The van der Waals surface area contributed by atoms with Crippen molar-refractivity contribution in [2.75, 3.05) is 18.0 Å². The van der Waals surface area contributed by atoms with Crippen LogP contribution in [0.4, 0.5) is 5.13 Å². The number of rotatable bonds is 3. The Morgan fingerprint density at radius 2 is 2.41 bits per heavy atom. The Morgan fingerprint density at radius 1 is 1.65 bits per heavy atom. The normalized spacial score (nSPS) is 21.5. The molecule has 1 atom stereocenters. The first kappa shape index (κ1) is 12.3. The molecule has 0 saturated carbocycles. The summed E-state index contributed by atoms with van der Waals surface area (Å²) in [6.07, 6.45) is 1.98. The molecule has 0 bridgehead atoms. The Kier molecular flexibility index (Phi) is 3.33. The van der Waals surface area contributed by atoms with Gasteiger partial charge >= 0.3 is 5.97 Å². The van der Waals surface area contributed by atoms with Crippen LogP contribution in [-0.2, 0) is 4.79 Å². The highest BCUT2D eigenvalue weighted by molar-refractivity contribution is 7.13. The quantitative estimate of drug-likeness (QED) is 0.893. The van der Waals surface area contributed by atoms with E-state index in [1.165, 1.54) is 11.3 Å². The third kappa shape index (κ3) is 2.41. The molecular formula is C11H17N3O2S. The van der Waals surface area contributed by atoms with E-state index < -0.39 is 11.4 Å². The second-order valence-electron chi connectivity index (χ2n) is 5.03. The third-order valence-electron chi connectivity index (χ3n) is 3.61. The maximum Gasteiger partial charge on any atom is 0.309 e. The van der Waals surface area contributed by atoms with Crippen LogP contribution in [0.5, 0.6) is 0 Å². The molecule has 6 heteroatoms. The average molecular weight is 255 g/mol. The molecule has 17 heavy (non-hydrogen) atoms. The molecule has 1 aliphatic rings. The van der Waals surface area contributed by atoms with Gasteiger partial charge in [0.15, 0.2) is 0 Å². The van der Waals surface area contributed by atoms with Crippen molar-refractivity contribution in [1.82, 2.24) is 10.2 Å². The zero-order valence-corrected chi connectivity index (χ0v) is 10.9. The number of piperidine rings is 1. The highest BCUT2D eigenvalue weighted by Crippen LogP contribution is 2.35. The Balaban J connectivity index is 2.10. The average Bonchev–Trinajstić information content (AvgIpc) is 2.82. The molecule has 1 N–H and O–H groups in total. The molecule has 1 aromatic rings. The largest absolute Gasteiger partial charge is 0.481 e. The van der Waals surface area contributed by atoms with Crippen LogP contribution < -0.4 is 4.90 Å². The second-order valence-corrected chi connectivity index (χ2v) is 5.84. The number of aromatic nitrogens is 2. The Morgan fingerprint density at radius 3 is 3.00 bits per heavy atom. The van der Waals surface area contributed by atoms with Crippen molar-refractivity contribution in [3.63, 3.8) is 0 Å². The molecule has 0 amide bonds. The van der Waals surface area contributed by atoms with Crippen LogP contribution in [0.25, 0.3) is 0 Å². The molecule has 1 aliphatic heterocycles. The highest BCUT2D eigenvalue weighted by atomic mass is 32.1. The van der Waals surface area contributed by atoms with Gasteiger partial charge in [-0.05, 0) is 32.6 Å². The van der Waals surface area contributed by atoms with Crippen molar-refractivity contribution in [1.29, 1.82) is 0 Å². The lowest BCUT2D eigenvalue weighted by atomic mass is 9.75. The number of nitrogens with zero attached hydrogens (tertiary/aromatic N) is 3. The van der Waals surface area contributed by atoms with Gasteiger partial charge in [0, 0.05) is 13.1 Å². The number of hydrogen-bond acceptors (Lipinski definition) is 5. The number of anilines is 1. The van der Waals surface area contributed by atoms with Crippen LogP contribution in [0.1, 0.15) is 26.7 Å². The summed E-state index contributed by atoms with van der Waals surface area (Å²) in [4.78, 5) is 13.4. The molecule has 1 unspecified atom stereocenters. The zero-order chi connectivity index (χ0) is 12.5. The minimum atomic E-state index is -0.721. The van der Waals surface area contributed by atoms with Crippen molar-refractivity contribution in [3.8, 4) is 0 Å². The maximum absolute atomic E-state index is 11.3. The number of hydrogen-bond donors (Lipinski definition) is 1.